The Morgan fingerprint density at radius 2 is 1.11 bits per heavy atom. The summed E-state index contributed by atoms with van der Waals surface area (Å²) < 4.78 is 0. The minimum absolute atomic E-state index is 0. The Kier molecular flexibility index (Phi) is 7.23. The molecule has 0 radical (unpaired) electrons. The molecular weight excluding hydrogens is 317 g/mol. The van der Waals surface area contributed by atoms with Gasteiger partial charge in [-0.2, -0.15) is 12.2 Å². The van der Waals surface area contributed by atoms with Gasteiger partial charge in [0.25, 0.3) is 0 Å². The van der Waals surface area contributed by atoms with Gasteiger partial charge in [0.05, 0.1) is 0 Å². The molecular formula is C18H26Ru. The molecule has 0 spiro atoms. The number of hydrogen-bond acceptors (Lipinski definition) is 0. The van der Waals surface area contributed by atoms with Crippen LogP contribution in [0.5, 0.6) is 0 Å². The molecule has 0 saturated heterocycles. The zero-order valence-corrected chi connectivity index (χ0v) is 14.8. The first-order valence-corrected chi connectivity index (χ1v) is 6.77. The summed E-state index contributed by atoms with van der Waals surface area (Å²) in [6, 6.07) is 0. The predicted octanol–water partition coefficient (Wildman–Crippen LogP) is 5.44. The monoisotopic (exact) mass is 344 g/mol. The Balaban J connectivity index is 0.000000324. The van der Waals surface area contributed by atoms with E-state index in [1.165, 1.54) is 11.1 Å². The maximum absolute atomic E-state index is 3.39. The van der Waals surface area contributed by atoms with E-state index < -0.39 is 0 Å². The van der Waals surface area contributed by atoms with Crippen molar-refractivity contribution in [3.8, 4) is 0 Å². The summed E-state index contributed by atoms with van der Waals surface area (Å²) in [5.41, 5.74) is 3.09. The van der Waals surface area contributed by atoms with Crippen molar-refractivity contribution in [2.45, 2.75) is 54.4 Å². The van der Waals surface area contributed by atoms with Crippen molar-refractivity contribution in [2.24, 2.45) is 10.8 Å². The summed E-state index contributed by atoms with van der Waals surface area (Å²) in [4.78, 5) is 0. The Bertz CT molecular complexity index is 363. The maximum atomic E-state index is 3.39. The van der Waals surface area contributed by atoms with E-state index in [0.29, 0.717) is 0 Å². The number of allylic oxidation sites excluding steroid dienone is 8. The zero-order valence-electron chi connectivity index (χ0n) is 13.1. The maximum Gasteiger partial charge on any atom is 2.00 e. The molecule has 0 amide bonds. The van der Waals surface area contributed by atoms with Crippen LogP contribution in [0.15, 0.2) is 35.5 Å². The van der Waals surface area contributed by atoms with Gasteiger partial charge < -0.3 is 0 Å². The van der Waals surface area contributed by atoms with Crippen molar-refractivity contribution < 1.29 is 19.5 Å². The van der Waals surface area contributed by atoms with E-state index in [1.807, 2.05) is 0 Å². The van der Waals surface area contributed by atoms with Crippen LogP contribution < -0.4 is 0 Å². The van der Waals surface area contributed by atoms with E-state index in [1.54, 1.807) is 0 Å². The van der Waals surface area contributed by atoms with Crippen molar-refractivity contribution in [3.63, 3.8) is 0 Å². The topological polar surface area (TPSA) is 0 Å². The van der Waals surface area contributed by atoms with Gasteiger partial charge in [-0.1, -0.05) is 65.2 Å². The van der Waals surface area contributed by atoms with Gasteiger partial charge in [0, 0.05) is 0 Å². The molecule has 1 heteroatoms. The van der Waals surface area contributed by atoms with Gasteiger partial charge in [0.1, 0.15) is 0 Å². The predicted molar refractivity (Wildman–Crippen MR) is 79.9 cm³/mol. The van der Waals surface area contributed by atoms with E-state index in [4.69, 9.17) is 0 Å². The molecule has 0 fully saturated rings. The van der Waals surface area contributed by atoms with Crippen LogP contribution in [0.4, 0.5) is 0 Å². The first kappa shape index (κ1) is 18.6. The quantitative estimate of drug-likeness (QED) is 0.406. The van der Waals surface area contributed by atoms with Gasteiger partial charge in [-0.25, -0.2) is 23.3 Å². The van der Waals surface area contributed by atoms with Crippen molar-refractivity contribution in [1.82, 2.24) is 0 Å². The van der Waals surface area contributed by atoms with Crippen molar-refractivity contribution in [1.29, 1.82) is 0 Å². The molecule has 0 nitrogen and oxygen atoms in total. The molecule has 0 aromatic rings. The Morgan fingerprint density at radius 1 is 0.789 bits per heavy atom. The van der Waals surface area contributed by atoms with Crippen LogP contribution >= 0.6 is 0 Å². The first-order valence-electron chi connectivity index (χ1n) is 6.77. The van der Waals surface area contributed by atoms with Gasteiger partial charge in [-0.05, 0) is 0 Å². The average Bonchev–Trinajstić information content (AvgIpc) is 2.13. The minimum Gasteiger partial charge on any atom is -0.266 e. The molecule has 0 atom stereocenters. The molecule has 2 aliphatic carbocycles. The van der Waals surface area contributed by atoms with Crippen LogP contribution in [-0.4, -0.2) is 0 Å². The molecule has 19 heavy (non-hydrogen) atoms. The van der Waals surface area contributed by atoms with E-state index >= 15 is 0 Å². The molecule has 0 unspecified atom stereocenters. The Labute approximate surface area is 132 Å². The van der Waals surface area contributed by atoms with E-state index in [-0.39, 0.29) is 30.3 Å². The molecule has 0 aliphatic heterocycles. The summed E-state index contributed by atoms with van der Waals surface area (Å²) in [7, 11) is 0. The van der Waals surface area contributed by atoms with Crippen LogP contribution in [0.25, 0.3) is 0 Å². The smallest absolute Gasteiger partial charge is 0.266 e. The van der Waals surface area contributed by atoms with Crippen LogP contribution in [-0.2, 0) is 19.5 Å². The average molecular weight is 343 g/mol. The summed E-state index contributed by atoms with van der Waals surface area (Å²) in [6.07, 6.45) is 17.7. The SMILES string of the molecule is CC1=[C-]C(C)(C)CC=C1.CC1=[C-]C(C)(C)CC=C1.[Ru+2]. The van der Waals surface area contributed by atoms with E-state index in [0.717, 1.165) is 12.8 Å². The van der Waals surface area contributed by atoms with Crippen molar-refractivity contribution >= 4 is 0 Å². The largest absolute Gasteiger partial charge is 2.00 e. The first-order chi connectivity index (χ1) is 8.20. The van der Waals surface area contributed by atoms with Crippen molar-refractivity contribution in [3.05, 3.63) is 47.6 Å². The molecule has 2 aliphatic rings. The Hall–Kier alpha value is -0.417. The summed E-state index contributed by atoms with van der Waals surface area (Å²) in [6.45, 7) is 13.0. The summed E-state index contributed by atoms with van der Waals surface area (Å²) in [5.74, 6) is 0. The standard InChI is InChI=1S/2C9H13.Ru/c2*1-8-5-4-6-9(2,3)7-8;/h2*4-5H,6H2,1-3H3;/q2*-1;+2. The molecule has 0 heterocycles. The molecule has 0 aromatic heterocycles. The minimum atomic E-state index is 0. The molecule has 2 rings (SSSR count). The second kappa shape index (κ2) is 7.39. The fourth-order valence-electron chi connectivity index (χ4n) is 2.31. The van der Waals surface area contributed by atoms with Crippen LogP contribution in [0.2, 0.25) is 0 Å². The van der Waals surface area contributed by atoms with Crippen LogP contribution in [0, 0.1) is 23.0 Å². The van der Waals surface area contributed by atoms with Gasteiger partial charge in [-0.3, -0.25) is 12.2 Å². The van der Waals surface area contributed by atoms with Crippen LogP contribution in [0.3, 0.4) is 0 Å². The second-order valence-corrected chi connectivity index (χ2v) is 6.60. The Morgan fingerprint density at radius 3 is 1.26 bits per heavy atom. The van der Waals surface area contributed by atoms with Crippen molar-refractivity contribution in [2.75, 3.05) is 0 Å². The normalized spacial score (nSPS) is 22.4. The van der Waals surface area contributed by atoms with Gasteiger partial charge >= 0.3 is 19.5 Å². The van der Waals surface area contributed by atoms with E-state index in [9.17, 15) is 0 Å². The summed E-state index contributed by atoms with van der Waals surface area (Å²) in [5, 5.41) is 0. The molecule has 0 N–H and O–H groups in total. The van der Waals surface area contributed by atoms with Gasteiger partial charge in [0.2, 0.25) is 0 Å². The fraction of sp³-hybridized carbons (Fsp3) is 0.556. The van der Waals surface area contributed by atoms with Gasteiger partial charge in [0.15, 0.2) is 0 Å². The third-order valence-corrected chi connectivity index (χ3v) is 3.06. The molecule has 106 valence electrons. The van der Waals surface area contributed by atoms with Gasteiger partial charge in [-0.15, -0.1) is 0 Å². The molecule has 0 saturated carbocycles. The third-order valence-electron chi connectivity index (χ3n) is 3.06. The number of rotatable bonds is 0. The molecule has 0 bridgehead atoms. The van der Waals surface area contributed by atoms with Crippen LogP contribution in [0.1, 0.15) is 54.4 Å². The van der Waals surface area contributed by atoms with E-state index in [2.05, 4.69) is 78.0 Å². The number of hydrogen-bond donors (Lipinski definition) is 0. The summed E-state index contributed by atoms with van der Waals surface area (Å²) >= 11 is 0. The fourth-order valence-corrected chi connectivity index (χ4v) is 2.31. The third kappa shape index (κ3) is 7.68. The zero-order chi connectivity index (χ0) is 13.8. The molecule has 0 aromatic carbocycles. The second-order valence-electron chi connectivity index (χ2n) is 6.60.